The van der Waals surface area contributed by atoms with Crippen molar-refractivity contribution in [2.24, 2.45) is 0 Å². The van der Waals surface area contributed by atoms with Gasteiger partial charge in [0.15, 0.2) is 11.4 Å². The van der Waals surface area contributed by atoms with Gasteiger partial charge in [-0.05, 0) is 6.92 Å². The molecule has 0 unspecified atom stereocenters. The van der Waals surface area contributed by atoms with Gasteiger partial charge in [-0.25, -0.2) is 8.78 Å². The summed E-state index contributed by atoms with van der Waals surface area (Å²) in [4.78, 5) is 12.8. The monoisotopic (exact) mass is 177 g/mol. The average molecular weight is 177 g/mol. The van der Waals surface area contributed by atoms with Crippen molar-refractivity contribution in [2.75, 3.05) is 0 Å². The van der Waals surface area contributed by atoms with Crippen molar-refractivity contribution >= 4 is 0 Å². The summed E-state index contributed by atoms with van der Waals surface area (Å²) in [5.41, 5.74) is -1.96. The molecule has 5 heteroatoms. The lowest BCUT2D eigenvalue weighted by Crippen LogP contribution is -2.15. The normalized spacial score (nSPS) is 10.8. The lowest BCUT2D eigenvalue weighted by molar-refractivity contribution is 0.149. The van der Waals surface area contributed by atoms with E-state index in [1.54, 1.807) is 0 Å². The quantitative estimate of drug-likeness (QED) is 0.651. The first-order valence-corrected chi connectivity index (χ1v) is 3.20. The van der Waals surface area contributed by atoms with E-state index in [-0.39, 0.29) is 5.56 Å². The third kappa shape index (κ3) is 1.34. The van der Waals surface area contributed by atoms with Gasteiger partial charge in [-0.2, -0.15) is 4.39 Å². The van der Waals surface area contributed by atoms with Crippen molar-refractivity contribution < 1.29 is 13.2 Å². The van der Waals surface area contributed by atoms with Crippen LogP contribution in [0.4, 0.5) is 13.2 Å². The number of H-pyrrole nitrogens is 1. The summed E-state index contributed by atoms with van der Waals surface area (Å²) >= 11 is 0. The minimum Gasteiger partial charge on any atom is -0.338 e. The van der Waals surface area contributed by atoms with Gasteiger partial charge in [0.05, 0.1) is 5.56 Å². The molecule has 0 fully saturated rings. The lowest BCUT2D eigenvalue weighted by Gasteiger charge is -2.00. The molecule has 0 bridgehead atoms. The molecule has 0 aromatic carbocycles. The van der Waals surface area contributed by atoms with Crippen LogP contribution in [-0.2, 0) is 0 Å². The summed E-state index contributed by atoms with van der Waals surface area (Å²) in [5.74, 6) is -0.871. The molecule has 1 aromatic heterocycles. The highest BCUT2D eigenvalue weighted by Crippen LogP contribution is 2.14. The van der Waals surface area contributed by atoms with Crippen LogP contribution in [0.2, 0.25) is 0 Å². The molecule has 0 aliphatic heterocycles. The molecule has 0 radical (unpaired) electrons. The zero-order chi connectivity index (χ0) is 9.30. The van der Waals surface area contributed by atoms with Crippen molar-refractivity contribution in [2.45, 2.75) is 13.3 Å². The van der Waals surface area contributed by atoms with E-state index in [1.165, 1.54) is 0 Å². The van der Waals surface area contributed by atoms with Gasteiger partial charge in [-0.15, -0.1) is 0 Å². The van der Waals surface area contributed by atoms with Gasteiger partial charge in [0.2, 0.25) is 0 Å². The van der Waals surface area contributed by atoms with E-state index in [1.807, 2.05) is 4.98 Å². The smallest absolute Gasteiger partial charge is 0.269 e. The molecule has 0 spiro atoms. The second kappa shape index (κ2) is 3.00. The van der Waals surface area contributed by atoms with E-state index in [4.69, 9.17) is 0 Å². The van der Waals surface area contributed by atoms with Crippen molar-refractivity contribution in [3.8, 4) is 0 Å². The Labute approximate surface area is 66.0 Å². The first-order chi connectivity index (χ1) is 5.54. The summed E-state index contributed by atoms with van der Waals surface area (Å²) in [6, 6.07) is 0. The van der Waals surface area contributed by atoms with Crippen LogP contribution in [0, 0.1) is 12.9 Å². The third-order valence-corrected chi connectivity index (χ3v) is 1.52. The van der Waals surface area contributed by atoms with Crippen LogP contribution in [0.1, 0.15) is 17.6 Å². The van der Waals surface area contributed by atoms with Gasteiger partial charge >= 0.3 is 0 Å². The number of aromatic amines is 1. The number of aromatic nitrogens is 1. The van der Waals surface area contributed by atoms with Gasteiger partial charge in [-0.3, -0.25) is 4.79 Å². The molecule has 12 heavy (non-hydrogen) atoms. The molecule has 2 nitrogen and oxygen atoms in total. The van der Waals surface area contributed by atoms with E-state index < -0.39 is 23.4 Å². The Hall–Kier alpha value is -1.26. The maximum Gasteiger partial charge on any atom is 0.269 e. The topological polar surface area (TPSA) is 32.9 Å². The highest BCUT2D eigenvalue weighted by molar-refractivity contribution is 5.19. The minimum atomic E-state index is -2.87. The fraction of sp³-hybridized carbons (Fsp3) is 0.286. The van der Waals surface area contributed by atoms with E-state index in [0.717, 1.165) is 6.92 Å². The molecule has 0 amide bonds. The zero-order valence-electron chi connectivity index (χ0n) is 6.20. The number of hydrogen-bond acceptors (Lipinski definition) is 1. The van der Waals surface area contributed by atoms with E-state index in [9.17, 15) is 18.0 Å². The molecular weight excluding hydrogens is 171 g/mol. The van der Waals surface area contributed by atoms with Crippen molar-refractivity contribution in [1.29, 1.82) is 0 Å². The summed E-state index contributed by atoms with van der Waals surface area (Å²) in [6.45, 7) is 1.15. The van der Waals surface area contributed by atoms with Crippen LogP contribution in [0.3, 0.4) is 0 Å². The van der Waals surface area contributed by atoms with Gasteiger partial charge in [0.25, 0.3) is 6.43 Å². The number of hydrogen-bond donors (Lipinski definition) is 1. The predicted octanol–water partition coefficient (Wildman–Crippen LogP) is 1.76. The number of rotatable bonds is 1. The molecule has 0 aliphatic rings. The standard InChI is InChI=1S/C7H6F3NO/c1-3-5(12)4(6(8)9)2-11-7(3)10/h2,6H,1H3,(H,11,12). The number of pyridine rings is 1. The van der Waals surface area contributed by atoms with E-state index in [0.29, 0.717) is 6.20 Å². The molecule has 1 rings (SSSR count). The molecule has 0 saturated carbocycles. The number of nitrogens with one attached hydrogen (secondary N) is 1. The fourth-order valence-corrected chi connectivity index (χ4v) is 0.793. The van der Waals surface area contributed by atoms with Crippen LogP contribution in [-0.4, -0.2) is 4.98 Å². The van der Waals surface area contributed by atoms with Crippen LogP contribution in [0.5, 0.6) is 0 Å². The van der Waals surface area contributed by atoms with Crippen molar-refractivity contribution in [3.63, 3.8) is 0 Å². The molecule has 0 aliphatic carbocycles. The Bertz CT molecular complexity index is 345. The Morgan fingerprint density at radius 2 is 2.08 bits per heavy atom. The lowest BCUT2D eigenvalue weighted by atomic mass is 10.2. The summed E-state index contributed by atoms with van der Waals surface area (Å²) < 4.78 is 36.5. The molecular formula is C7H6F3NO. The molecule has 66 valence electrons. The maximum absolute atomic E-state index is 12.5. The van der Waals surface area contributed by atoms with Crippen LogP contribution in [0.15, 0.2) is 11.0 Å². The number of alkyl halides is 2. The summed E-state index contributed by atoms with van der Waals surface area (Å²) in [7, 11) is 0. The maximum atomic E-state index is 12.5. The van der Waals surface area contributed by atoms with Crippen molar-refractivity contribution in [1.82, 2.24) is 4.98 Å². The number of halogens is 3. The zero-order valence-corrected chi connectivity index (χ0v) is 6.20. The highest BCUT2D eigenvalue weighted by atomic mass is 19.3. The van der Waals surface area contributed by atoms with Gasteiger partial charge in [0.1, 0.15) is 0 Å². The van der Waals surface area contributed by atoms with Crippen LogP contribution in [0.25, 0.3) is 0 Å². The predicted molar refractivity (Wildman–Crippen MR) is 36.7 cm³/mol. The van der Waals surface area contributed by atoms with E-state index >= 15 is 0 Å². The second-order valence-corrected chi connectivity index (χ2v) is 2.31. The summed E-state index contributed by atoms with van der Waals surface area (Å²) in [5, 5.41) is 0. The SMILES string of the molecule is Cc1c(F)[nH]cc(C(F)F)c1=O. The van der Waals surface area contributed by atoms with Crippen LogP contribution < -0.4 is 5.43 Å². The molecule has 1 aromatic rings. The Kier molecular flexibility index (Phi) is 2.21. The van der Waals surface area contributed by atoms with Crippen molar-refractivity contribution in [3.05, 3.63) is 33.5 Å². The largest absolute Gasteiger partial charge is 0.338 e. The molecule has 0 saturated heterocycles. The minimum absolute atomic E-state index is 0.312. The molecule has 1 N–H and O–H groups in total. The average Bonchev–Trinajstić information content (AvgIpc) is 2.00. The third-order valence-electron chi connectivity index (χ3n) is 1.52. The van der Waals surface area contributed by atoms with Crippen LogP contribution >= 0.6 is 0 Å². The molecule has 1 heterocycles. The summed E-state index contributed by atoms with van der Waals surface area (Å²) in [6.07, 6.45) is -2.18. The Balaban J connectivity index is 3.37. The second-order valence-electron chi connectivity index (χ2n) is 2.31. The molecule has 0 atom stereocenters. The van der Waals surface area contributed by atoms with Gasteiger partial charge in [-0.1, -0.05) is 0 Å². The first-order valence-electron chi connectivity index (χ1n) is 3.20. The Morgan fingerprint density at radius 1 is 1.50 bits per heavy atom. The van der Waals surface area contributed by atoms with Gasteiger partial charge < -0.3 is 4.98 Å². The highest BCUT2D eigenvalue weighted by Gasteiger charge is 2.14. The fourth-order valence-electron chi connectivity index (χ4n) is 0.793. The Morgan fingerprint density at radius 3 is 2.58 bits per heavy atom. The first kappa shape index (κ1) is 8.83. The van der Waals surface area contributed by atoms with E-state index in [2.05, 4.69) is 0 Å². The van der Waals surface area contributed by atoms with Gasteiger partial charge in [0, 0.05) is 11.8 Å².